The summed E-state index contributed by atoms with van der Waals surface area (Å²) in [4.78, 5) is 25.0. The highest BCUT2D eigenvalue weighted by molar-refractivity contribution is 5.93. The number of rotatable bonds is 3. The van der Waals surface area contributed by atoms with E-state index >= 15 is 0 Å². The molecule has 0 amide bonds. The van der Waals surface area contributed by atoms with E-state index in [1.54, 1.807) is 7.11 Å². The average Bonchev–Trinajstić information content (AvgIpc) is 2.66. The van der Waals surface area contributed by atoms with Crippen molar-refractivity contribution in [2.75, 3.05) is 21.3 Å². The quantitative estimate of drug-likeness (QED) is 0.788. The number of benzene rings is 1. The molecule has 0 bridgehead atoms. The molecular formula is C20H24O5. The zero-order valence-electron chi connectivity index (χ0n) is 15.2. The van der Waals surface area contributed by atoms with Gasteiger partial charge in [-0.2, -0.15) is 0 Å². The maximum absolute atomic E-state index is 12.7. The van der Waals surface area contributed by atoms with Crippen LogP contribution in [0.5, 0.6) is 5.75 Å². The van der Waals surface area contributed by atoms with Gasteiger partial charge in [-0.05, 0) is 67.0 Å². The van der Waals surface area contributed by atoms with Crippen LogP contribution in [0.25, 0.3) is 5.57 Å². The van der Waals surface area contributed by atoms with Gasteiger partial charge in [0.2, 0.25) is 0 Å². The molecule has 25 heavy (non-hydrogen) atoms. The van der Waals surface area contributed by atoms with Crippen LogP contribution in [0.3, 0.4) is 0 Å². The van der Waals surface area contributed by atoms with Gasteiger partial charge in [0.15, 0.2) is 0 Å². The molecule has 1 aromatic rings. The maximum Gasteiger partial charge on any atom is 0.316 e. The lowest BCUT2D eigenvalue weighted by Crippen LogP contribution is -2.46. The zero-order valence-corrected chi connectivity index (χ0v) is 15.2. The van der Waals surface area contributed by atoms with Crippen molar-refractivity contribution in [1.82, 2.24) is 0 Å². The molecule has 5 heteroatoms. The van der Waals surface area contributed by atoms with Gasteiger partial charge in [-0.15, -0.1) is 0 Å². The van der Waals surface area contributed by atoms with Gasteiger partial charge in [0, 0.05) is 0 Å². The Labute approximate surface area is 148 Å². The topological polar surface area (TPSA) is 61.8 Å². The predicted octanol–water partition coefficient (Wildman–Crippen LogP) is 3.16. The van der Waals surface area contributed by atoms with E-state index in [9.17, 15) is 9.59 Å². The molecular weight excluding hydrogens is 320 g/mol. The minimum atomic E-state index is -0.979. The normalized spacial score (nSPS) is 24.9. The monoisotopic (exact) mass is 344 g/mol. The summed E-state index contributed by atoms with van der Waals surface area (Å²) in [5.74, 6) is -0.391. The van der Waals surface area contributed by atoms with Crippen LogP contribution in [0, 0.1) is 11.3 Å². The van der Waals surface area contributed by atoms with Crippen LogP contribution in [0.15, 0.2) is 23.8 Å². The van der Waals surface area contributed by atoms with Crippen LogP contribution in [0.1, 0.15) is 37.3 Å². The molecule has 2 aliphatic rings. The molecule has 0 spiro atoms. The third-order valence-electron chi connectivity index (χ3n) is 5.75. The number of hydrogen-bond donors (Lipinski definition) is 0. The number of hydrogen-bond acceptors (Lipinski definition) is 5. The van der Waals surface area contributed by atoms with E-state index in [0.29, 0.717) is 6.42 Å². The first kappa shape index (κ1) is 17.5. The third-order valence-corrected chi connectivity index (χ3v) is 5.75. The summed E-state index contributed by atoms with van der Waals surface area (Å²) in [5.41, 5.74) is 3.57. The molecule has 2 aliphatic carbocycles. The smallest absolute Gasteiger partial charge is 0.316 e. The van der Waals surface area contributed by atoms with Crippen molar-refractivity contribution in [2.45, 2.75) is 32.6 Å². The highest BCUT2D eigenvalue weighted by atomic mass is 16.5. The fourth-order valence-corrected chi connectivity index (χ4v) is 4.39. The van der Waals surface area contributed by atoms with Crippen LogP contribution in [-0.2, 0) is 25.5 Å². The number of carbonyl (C=O) groups excluding carboxylic acids is 2. The lowest BCUT2D eigenvalue weighted by molar-refractivity contribution is -0.163. The van der Waals surface area contributed by atoms with Crippen LogP contribution in [-0.4, -0.2) is 33.3 Å². The second-order valence-electron chi connectivity index (χ2n) is 6.79. The van der Waals surface area contributed by atoms with Gasteiger partial charge in [-0.25, -0.2) is 0 Å². The molecule has 3 rings (SSSR count). The predicted molar refractivity (Wildman–Crippen MR) is 93.1 cm³/mol. The molecule has 0 aromatic heterocycles. The second-order valence-corrected chi connectivity index (χ2v) is 6.79. The molecule has 0 aliphatic heterocycles. The van der Waals surface area contributed by atoms with E-state index in [2.05, 4.69) is 12.1 Å². The minimum Gasteiger partial charge on any atom is -0.497 e. The van der Waals surface area contributed by atoms with Gasteiger partial charge in [0.05, 0.1) is 32.7 Å². The number of esters is 2. The maximum atomic E-state index is 12.7. The lowest BCUT2D eigenvalue weighted by Gasteiger charge is -2.43. The van der Waals surface area contributed by atoms with Crippen molar-refractivity contribution in [3.8, 4) is 5.75 Å². The zero-order chi connectivity index (χ0) is 18.2. The van der Waals surface area contributed by atoms with Gasteiger partial charge < -0.3 is 14.2 Å². The van der Waals surface area contributed by atoms with Crippen molar-refractivity contribution in [2.24, 2.45) is 11.3 Å². The molecule has 0 fully saturated rings. The van der Waals surface area contributed by atoms with Crippen LogP contribution in [0.4, 0.5) is 0 Å². The third kappa shape index (κ3) is 2.62. The van der Waals surface area contributed by atoms with E-state index < -0.39 is 11.3 Å². The molecule has 0 radical (unpaired) electrons. The molecule has 0 heterocycles. The second kappa shape index (κ2) is 6.54. The van der Waals surface area contributed by atoms with Gasteiger partial charge in [0.1, 0.15) is 5.75 Å². The molecule has 0 saturated heterocycles. The Balaban J connectivity index is 2.15. The summed E-state index contributed by atoms with van der Waals surface area (Å²) < 4.78 is 15.4. The van der Waals surface area contributed by atoms with Crippen LogP contribution >= 0.6 is 0 Å². The Bertz CT molecular complexity index is 748. The standard InChI is InChI=1S/C20H24O5/c1-20(19(22)25-4)16-9-5-12-11-13(23-2)6-7-14(12)15(16)8-10-17(20)18(21)24-3/h6-7,11,17H,5,8-10H2,1-4H3/t17-,20+/m0/s1. The first-order chi connectivity index (χ1) is 12.0. The highest BCUT2D eigenvalue weighted by Gasteiger charge is 2.53. The summed E-state index contributed by atoms with van der Waals surface area (Å²) in [6.07, 6.45) is 2.87. The number of allylic oxidation sites excluding steroid dienone is 1. The van der Waals surface area contributed by atoms with E-state index in [4.69, 9.17) is 14.2 Å². The van der Waals surface area contributed by atoms with Crippen molar-refractivity contribution >= 4 is 17.5 Å². The fraction of sp³-hybridized carbons (Fsp3) is 0.500. The summed E-state index contributed by atoms with van der Waals surface area (Å²) in [5, 5.41) is 0. The van der Waals surface area contributed by atoms with Gasteiger partial charge in [0.25, 0.3) is 0 Å². The first-order valence-electron chi connectivity index (χ1n) is 8.53. The van der Waals surface area contributed by atoms with E-state index in [1.807, 2.05) is 13.0 Å². The van der Waals surface area contributed by atoms with Crippen molar-refractivity contribution < 1.29 is 23.8 Å². The van der Waals surface area contributed by atoms with Crippen molar-refractivity contribution in [3.63, 3.8) is 0 Å². The lowest BCUT2D eigenvalue weighted by atomic mass is 9.60. The van der Waals surface area contributed by atoms with Crippen LogP contribution < -0.4 is 4.74 Å². The van der Waals surface area contributed by atoms with Crippen molar-refractivity contribution in [3.05, 3.63) is 34.9 Å². The SMILES string of the molecule is COC(=O)[C@@H]1CCC2=C(CCc3cc(OC)ccc32)[C@@]1(C)C(=O)OC. The number of ether oxygens (including phenoxy) is 3. The van der Waals surface area contributed by atoms with Gasteiger partial charge >= 0.3 is 11.9 Å². The Morgan fingerprint density at radius 2 is 1.84 bits per heavy atom. The van der Waals surface area contributed by atoms with Gasteiger partial charge in [-0.3, -0.25) is 9.59 Å². The van der Waals surface area contributed by atoms with Gasteiger partial charge in [-0.1, -0.05) is 6.07 Å². The van der Waals surface area contributed by atoms with E-state index in [-0.39, 0.29) is 11.9 Å². The summed E-state index contributed by atoms with van der Waals surface area (Å²) in [7, 11) is 4.40. The average molecular weight is 344 g/mol. The number of aryl methyl sites for hydroxylation is 1. The summed E-state index contributed by atoms with van der Waals surface area (Å²) in [6.45, 7) is 1.82. The Morgan fingerprint density at radius 1 is 1.08 bits per heavy atom. The number of carbonyl (C=O) groups is 2. The van der Waals surface area contributed by atoms with E-state index in [0.717, 1.165) is 41.7 Å². The first-order valence-corrected chi connectivity index (χ1v) is 8.53. The number of fused-ring (bicyclic) bond motifs is 2. The largest absolute Gasteiger partial charge is 0.497 e. The molecule has 134 valence electrons. The fourth-order valence-electron chi connectivity index (χ4n) is 4.39. The molecule has 0 unspecified atom stereocenters. The van der Waals surface area contributed by atoms with E-state index in [1.165, 1.54) is 19.8 Å². The summed E-state index contributed by atoms with van der Waals surface area (Å²) >= 11 is 0. The molecule has 0 N–H and O–H groups in total. The Hall–Kier alpha value is -2.30. The molecule has 0 saturated carbocycles. The highest BCUT2D eigenvalue weighted by Crippen LogP contribution is 2.53. The van der Waals surface area contributed by atoms with Crippen molar-refractivity contribution in [1.29, 1.82) is 0 Å². The molecule has 5 nitrogen and oxygen atoms in total. The molecule has 1 aromatic carbocycles. The minimum absolute atomic E-state index is 0.347. The Kier molecular flexibility index (Phi) is 4.58. The number of methoxy groups -OCH3 is 3. The summed E-state index contributed by atoms with van der Waals surface area (Å²) in [6, 6.07) is 6.05. The molecule has 2 atom stereocenters. The Morgan fingerprint density at radius 3 is 2.48 bits per heavy atom. The van der Waals surface area contributed by atoms with Crippen LogP contribution in [0.2, 0.25) is 0 Å².